The Bertz CT molecular complexity index is 1050. The SMILES string of the molecule is CCn1c(=NC(=O)CSCC(=O)Nc2cc(C)on2)sc2cc(C)ccc21. The standard InChI is InChI=1S/C18H20N4O3S2/c1-4-22-13-6-5-11(2)7-14(13)27-18(22)20-17(24)10-26-9-16(23)19-15-8-12(3)25-21-15/h5-8H,4,9-10H2,1-3H3,(H,19,21,23). The molecular formula is C18H20N4O3S2. The van der Waals surface area contributed by atoms with Gasteiger partial charge in [-0.15, -0.1) is 11.8 Å². The van der Waals surface area contributed by atoms with Crippen molar-refractivity contribution in [3.63, 3.8) is 0 Å². The number of rotatable bonds is 6. The lowest BCUT2D eigenvalue weighted by Gasteiger charge is -2.01. The van der Waals surface area contributed by atoms with E-state index >= 15 is 0 Å². The Morgan fingerprint density at radius 1 is 1.30 bits per heavy atom. The molecule has 0 radical (unpaired) electrons. The van der Waals surface area contributed by atoms with Crippen LogP contribution in [0, 0.1) is 13.8 Å². The number of benzene rings is 1. The summed E-state index contributed by atoms with van der Waals surface area (Å²) in [6, 6.07) is 7.84. The van der Waals surface area contributed by atoms with E-state index in [9.17, 15) is 9.59 Å². The number of nitrogens with one attached hydrogen (secondary N) is 1. The largest absolute Gasteiger partial charge is 0.360 e. The molecular weight excluding hydrogens is 384 g/mol. The maximum absolute atomic E-state index is 12.2. The number of hydrogen-bond acceptors (Lipinski definition) is 6. The first-order valence-electron chi connectivity index (χ1n) is 8.44. The number of amides is 2. The molecule has 1 N–H and O–H groups in total. The van der Waals surface area contributed by atoms with Crippen molar-refractivity contribution in [3.8, 4) is 0 Å². The molecule has 2 amide bonds. The number of aromatic nitrogens is 2. The highest BCUT2D eigenvalue weighted by molar-refractivity contribution is 8.00. The zero-order valence-corrected chi connectivity index (χ0v) is 16.9. The molecule has 0 bridgehead atoms. The molecule has 0 spiro atoms. The number of aryl methyl sites for hydroxylation is 3. The van der Waals surface area contributed by atoms with E-state index in [0.717, 1.165) is 16.8 Å². The molecule has 9 heteroatoms. The van der Waals surface area contributed by atoms with Gasteiger partial charge in [0, 0.05) is 12.6 Å². The van der Waals surface area contributed by atoms with E-state index in [1.165, 1.54) is 28.7 Å². The second kappa shape index (κ2) is 8.53. The van der Waals surface area contributed by atoms with Crippen molar-refractivity contribution >= 4 is 50.9 Å². The van der Waals surface area contributed by atoms with Gasteiger partial charge in [0.1, 0.15) is 5.76 Å². The molecule has 2 aromatic heterocycles. The molecule has 1 aromatic carbocycles. The third kappa shape index (κ3) is 4.86. The van der Waals surface area contributed by atoms with Gasteiger partial charge in [0.15, 0.2) is 10.6 Å². The molecule has 0 saturated carbocycles. The van der Waals surface area contributed by atoms with Crippen molar-refractivity contribution in [2.45, 2.75) is 27.3 Å². The van der Waals surface area contributed by atoms with Crippen LogP contribution < -0.4 is 10.1 Å². The van der Waals surface area contributed by atoms with Crippen LogP contribution in [0.3, 0.4) is 0 Å². The van der Waals surface area contributed by atoms with Gasteiger partial charge in [-0.05, 0) is 38.5 Å². The predicted molar refractivity (Wildman–Crippen MR) is 108 cm³/mol. The van der Waals surface area contributed by atoms with Gasteiger partial charge in [-0.2, -0.15) is 4.99 Å². The van der Waals surface area contributed by atoms with Gasteiger partial charge in [-0.3, -0.25) is 9.59 Å². The summed E-state index contributed by atoms with van der Waals surface area (Å²) in [6.45, 7) is 6.55. The number of thiazole rings is 1. The Balaban J connectivity index is 1.61. The van der Waals surface area contributed by atoms with Gasteiger partial charge in [0.2, 0.25) is 5.91 Å². The van der Waals surface area contributed by atoms with Crippen LogP contribution >= 0.6 is 23.1 Å². The van der Waals surface area contributed by atoms with Crippen molar-refractivity contribution in [2.24, 2.45) is 4.99 Å². The van der Waals surface area contributed by atoms with Crippen LogP contribution in [0.25, 0.3) is 10.2 Å². The van der Waals surface area contributed by atoms with Crippen LogP contribution in [0.1, 0.15) is 18.2 Å². The molecule has 142 valence electrons. The van der Waals surface area contributed by atoms with Crippen LogP contribution in [0.4, 0.5) is 5.82 Å². The molecule has 0 saturated heterocycles. The maximum Gasteiger partial charge on any atom is 0.258 e. The predicted octanol–water partition coefficient (Wildman–Crippen LogP) is 3.13. The number of carbonyl (C=O) groups is 2. The molecule has 0 aliphatic carbocycles. The van der Waals surface area contributed by atoms with Crippen LogP contribution in [0.2, 0.25) is 0 Å². The van der Waals surface area contributed by atoms with Crippen molar-refractivity contribution < 1.29 is 14.1 Å². The zero-order chi connectivity index (χ0) is 19.4. The minimum absolute atomic E-state index is 0.141. The third-order valence-corrected chi connectivity index (χ3v) is 5.69. The second-order valence-corrected chi connectivity index (χ2v) is 7.96. The lowest BCUT2D eigenvalue weighted by molar-refractivity contribution is -0.115. The minimum atomic E-state index is -0.254. The van der Waals surface area contributed by atoms with E-state index in [4.69, 9.17) is 4.52 Å². The summed E-state index contributed by atoms with van der Waals surface area (Å²) in [5.74, 6) is 0.792. The Morgan fingerprint density at radius 3 is 2.81 bits per heavy atom. The quantitative estimate of drug-likeness (QED) is 0.682. The highest BCUT2D eigenvalue weighted by Crippen LogP contribution is 2.19. The lowest BCUT2D eigenvalue weighted by atomic mass is 10.2. The number of anilines is 1. The van der Waals surface area contributed by atoms with Crippen molar-refractivity contribution in [3.05, 3.63) is 40.4 Å². The number of carbonyl (C=O) groups excluding carboxylic acids is 2. The van der Waals surface area contributed by atoms with E-state index in [0.29, 0.717) is 16.4 Å². The first-order valence-corrected chi connectivity index (χ1v) is 10.4. The van der Waals surface area contributed by atoms with Gasteiger partial charge in [0.05, 0.1) is 21.7 Å². The summed E-state index contributed by atoms with van der Waals surface area (Å²) in [4.78, 5) is 29.0. The fourth-order valence-electron chi connectivity index (χ4n) is 2.55. The molecule has 0 aliphatic rings. The number of fused-ring (bicyclic) bond motifs is 1. The topological polar surface area (TPSA) is 89.5 Å². The Morgan fingerprint density at radius 2 is 2.11 bits per heavy atom. The molecule has 0 unspecified atom stereocenters. The molecule has 0 aliphatic heterocycles. The molecule has 27 heavy (non-hydrogen) atoms. The Kier molecular flexibility index (Phi) is 6.12. The van der Waals surface area contributed by atoms with Gasteiger partial charge in [-0.1, -0.05) is 22.6 Å². The summed E-state index contributed by atoms with van der Waals surface area (Å²) >= 11 is 2.72. The maximum atomic E-state index is 12.2. The highest BCUT2D eigenvalue weighted by Gasteiger charge is 2.10. The average molecular weight is 405 g/mol. The fraction of sp³-hybridized carbons (Fsp3) is 0.333. The minimum Gasteiger partial charge on any atom is -0.360 e. The van der Waals surface area contributed by atoms with E-state index in [1.807, 2.05) is 18.4 Å². The van der Waals surface area contributed by atoms with E-state index in [-0.39, 0.29) is 23.3 Å². The smallest absolute Gasteiger partial charge is 0.258 e. The fourth-order valence-corrected chi connectivity index (χ4v) is 4.35. The van der Waals surface area contributed by atoms with Crippen molar-refractivity contribution in [1.82, 2.24) is 9.72 Å². The number of nitrogens with zero attached hydrogens (tertiary/aromatic N) is 3. The molecule has 0 fully saturated rings. The summed E-state index contributed by atoms with van der Waals surface area (Å²) in [5, 5.41) is 6.32. The zero-order valence-electron chi connectivity index (χ0n) is 15.3. The monoisotopic (exact) mass is 404 g/mol. The lowest BCUT2D eigenvalue weighted by Crippen LogP contribution is -2.18. The van der Waals surface area contributed by atoms with Gasteiger partial charge < -0.3 is 14.4 Å². The number of thioether (sulfide) groups is 1. The number of hydrogen-bond donors (Lipinski definition) is 1. The van der Waals surface area contributed by atoms with Crippen LogP contribution in [-0.2, 0) is 16.1 Å². The summed E-state index contributed by atoms with van der Waals surface area (Å²) in [5.41, 5.74) is 2.25. The Hall–Kier alpha value is -2.39. The van der Waals surface area contributed by atoms with Crippen LogP contribution in [0.15, 0.2) is 33.8 Å². The van der Waals surface area contributed by atoms with Gasteiger partial charge >= 0.3 is 0 Å². The van der Waals surface area contributed by atoms with Gasteiger partial charge in [-0.25, -0.2) is 0 Å². The van der Waals surface area contributed by atoms with E-state index < -0.39 is 0 Å². The van der Waals surface area contributed by atoms with Crippen LogP contribution in [-0.4, -0.2) is 33.0 Å². The normalized spacial score (nSPS) is 11.9. The van der Waals surface area contributed by atoms with Crippen molar-refractivity contribution in [2.75, 3.05) is 16.8 Å². The summed E-state index contributed by atoms with van der Waals surface area (Å²) < 4.78 is 8.03. The van der Waals surface area contributed by atoms with E-state index in [1.54, 1.807) is 13.0 Å². The molecule has 3 aromatic rings. The molecule has 0 atom stereocenters. The summed E-state index contributed by atoms with van der Waals surface area (Å²) in [6.07, 6.45) is 0. The molecule has 7 nitrogen and oxygen atoms in total. The van der Waals surface area contributed by atoms with Crippen molar-refractivity contribution in [1.29, 1.82) is 0 Å². The first kappa shape index (κ1) is 19.4. The second-order valence-electron chi connectivity index (χ2n) is 5.97. The highest BCUT2D eigenvalue weighted by atomic mass is 32.2. The van der Waals surface area contributed by atoms with Crippen LogP contribution in [0.5, 0.6) is 0 Å². The third-order valence-electron chi connectivity index (χ3n) is 3.73. The Labute approximate surface area is 164 Å². The molecule has 2 heterocycles. The average Bonchev–Trinajstić information content (AvgIpc) is 3.16. The molecule has 3 rings (SSSR count). The van der Waals surface area contributed by atoms with Gasteiger partial charge in [0.25, 0.3) is 5.91 Å². The van der Waals surface area contributed by atoms with E-state index in [2.05, 4.69) is 33.7 Å². The summed E-state index contributed by atoms with van der Waals surface area (Å²) in [7, 11) is 0. The first-order chi connectivity index (χ1) is 13.0.